The number of nitrogens with two attached hydrogens (primary N) is 1. The minimum Gasteiger partial charge on any atom is -0.484 e. The summed E-state index contributed by atoms with van der Waals surface area (Å²) in [6.45, 7) is 1.76. The summed E-state index contributed by atoms with van der Waals surface area (Å²) in [6.07, 6.45) is 1.74. The molecule has 1 aliphatic rings. The molecule has 6 heteroatoms. The number of carbonyl (C=O) groups excluding carboxylic acids is 2. The van der Waals surface area contributed by atoms with E-state index >= 15 is 0 Å². The molecule has 0 unspecified atom stereocenters. The number of carbonyl (C=O) groups is 2. The molecule has 0 saturated heterocycles. The van der Waals surface area contributed by atoms with E-state index in [1.807, 2.05) is 18.4 Å². The van der Waals surface area contributed by atoms with Crippen molar-refractivity contribution in [2.45, 2.75) is 6.92 Å². The fraction of sp³-hybridized carbons (Fsp3) is 0.125. The van der Waals surface area contributed by atoms with Crippen LogP contribution in [0.15, 0.2) is 35.4 Å². The third-order valence-corrected chi connectivity index (χ3v) is 4.15. The van der Waals surface area contributed by atoms with Crippen LogP contribution in [0.3, 0.4) is 0 Å². The average Bonchev–Trinajstić information content (AvgIpc) is 3.02. The summed E-state index contributed by atoms with van der Waals surface area (Å²) in [4.78, 5) is 24.0. The van der Waals surface area contributed by atoms with Crippen molar-refractivity contribution in [3.05, 3.63) is 51.4 Å². The Hall–Kier alpha value is -2.60. The molecule has 1 aliphatic heterocycles. The molecule has 0 fully saturated rings. The van der Waals surface area contributed by atoms with E-state index in [1.54, 1.807) is 35.6 Å². The zero-order valence-corrected chi connectivity index (χ0v) is 12.6. The van der Waals surface area contributed by atoms with Crippen molar-refractivity contribution in [1.29, 1.82) is 0 Å². The lowest BCUT2D eigenvalue weighted by atomic mass is 10.1. The molecule has 1 aromatic carbocycles. The maximum absolute atomic E-state index is 12.3. The number of ketones is 1. The quantitative estimate of drug-likeness (QED) is 0.879. The molecule has 5 nitrogen and oxygen atoms in total. The highest BCUT2D eigenvalue weighted by molar-refractivity contribution is 7.11. The van der Waals surface area contributed by atoms with E-state index < -0.39 is 5.91 Å². The monoisotopic (exact) mass is 315 g/mol. The van der Waals surface area contributed by atoms with Gasteiger partial charge in [-0.2, -0.15) is 0 Å². The Labute approximate surface area is 131 Å². The van der Waals surface area contributed by atoms with Crippen molar-refractivity contribution < 1.29 is 19.1 Å². The van der Waals surface area contributed by atoms with Gasteiger partial charge in [-0.05, 0) is 36.1 Å². The zero-order valence-electron chi connectivity index (χ0n) is 11.8. The Morgan fingerprint density at radius 3 is 2.91 bits per heavy atom. The van der Waals surface area contributed by atoms with Crippen molar-refractivity contribution >= 4 is 29.1 Å². The maximum Gasteiger partial charge on any atom is 0.255 e. The minimum atomic E-state index is -0.564. The molecule has 0 atom stereocenters. The third-order valence-electron chi connectivity index (χ3n) is 3.19. The fourth-order valence-electron chi connectivity index (χ4n) is 2.06. The summed E-state index contributed by atoms with van der Waals surface area (Å²) in [5.74, 6) is 0.412. The number of amides is 1. The summed E-state index contributed by atoms with van der Waals surface area (Å²) in [5.41, 5.74) is 6.60. The number of primary amides is 1. The summed E-state index contributed by atoms with van der Waals surface area (Å²) >= 11 is 1.55. The SMILES string of the molecule is Cc1ccsc1C=C1Oc2cc(OCC(N)=O)ccc2C1=O. The van der Waals surface area contributed by atoms with Gasteiger partial charge in [0, 0.05) is 17.0 Å². The number of benzene rings is 1. The fourth-order valence-corrected chi connectivity index (χ4v) is 2.91. The first-order chi connectivity index (χ1) is 10.5. The van der Waals surface area contributed by atoms with Crippen molar-refractivity contribution in [3.8, 4) is 11.5 Å². The van der Waals surface area contributed by atoms with E-state index in [0.29, 0.717) is 17.1 Å². The molecule has 2 N–H and O–H groups in total. The second kappa shape index (κ2) is 5.65. The van der Waals surface area contributed by atoms with Gasteiger partial charge in [0.05, 0.1) is 5.56 Å². The van der Waals surface area contributed by atoms with Crippen LogP contribution in [0.1, 0.15) is 20.8 Å². The van der Waals surface area contributed by atoms with Crippen LogP contribution in [-0.4, -0.2) is 18.3 Å². The number of ether oxygens (including phenoxy) is 2. The highest BCUT2D eigenvalue weighted by atomic mass is 32.1. The molecule has 0 saturated carbocycles. The number of fused-ring (bicyclic) bond motifs is 1. The van der Waals surface area contributed by atoms with Crippen molar-refractivity contribution in [2.24, 2.45) is 5.73 Å². The summed E-state index contributed by atoms with van der Waals surface area (Å²) in [6, 6.07) is 6.80. The molecule has 0 spiro atoms. The van der Waals surface area contributed by atoms with Crippen molar-refractivity contribution in [2.75, 3.05) is 6.61 Å². The average molecular weight is 315 g/mol. The van der Waals surface area contributed by atoms with Gasteiger partial charge in [0.25, 0.3) is 5.91 Å². The molecule has 112 valence electrons. The normalized spacial score (nSPS) is 14.8. The molecule has 2 aromatic rings. The lowest BCUT2D eigenvalue weighted by molar-refractivity contribution is -0.119. The highest BCUT2D eigenvalue weighted by Crippen LogP contribution is 2.35. The smallest absolute Gasteiger partial charge is 0.255 e. The summed E-state index contributed by atoms with van der Waals surface area (Å²) in [7, 11) is 0. The summed E-state index contributed by atoms with van der Waals surface area (Å²) in [5, 5.41) is 1.96. The first kappa shape index (κ1) is 14.3. The van der Waals surface area contributed by atoms with E-state index in [2.05, 4.69) is 0 Å². The topological polar surface area (TPSA) is 78.6 Å². The molecule has 1 amide bonds. The van der Waals surface area contributed by atoms with Gasteiger partial charge >= 0.3 is 0 Å². The Bertz CT molecular complexity index is 791. The van der Waals surface area contributed by atoms with Gasteiger partial charge in [-0.15, -0.1) is 11.3 Å². The van der Waals surface area contributed by atoms with Crippen molar-refractivity contribution in [3.63, 3.8) is 0 Å². The van der Waals surface area contributed by atoms with Crippen LogP contribution in [0, 0.1) is 6.92 Å². The Kier molecular flexibility index (Phi) is 3.68. The van der Waals surface area contributed by atoms with Crippen LogP contribution in [0.4, 0.5) is 0 Å². The molecule has 0 aliphatic carbocycles. The number of Topliss-reactive ketones (excluding diaryl/α,β-unsaturated/α-hetero) is 1. The van der Waals surface area contributed by atoms with E-state index in [9.17, 15) is 9.59 Å². The molecule has 3 rings (SSSR count). The van der Waals surface area contributed by atoms with E-state index in [4.69, 9.17) is 15.2 Å². The standard InChI is InChI=1S/C16H13NO4S/c1-9-4-5-22-14(9)7-13-16(19)11-3-2-10(6-12(11)21-13)20-8-15(17)18/h2-7H,8H2,1H3,(H2,17,18). The minimum absolute atomic E-state index is 0.163. The lowest BCUT2D eigenvalue weighted by Crippen LogP contribution is -2.19. The highest BCUT2D eigenvalue weighted by Gasteiger charge is 2.28. The second-order valence-electron chi connectivity index (χ2n) is 4.82. The van der Waals surface area contributed by atoms with Crippen LogP contribution in [0.25, 0.3) is 6.08 Å². The number of rotatable bonds is 4. The predicted molar refractivity (Wildman–Crippen MR) is 83.1 cm³/mol. The Morgan fingerprint density at radius 1 is 1.41 bits per heavy atom. The number of hydrogen-bond acceptors (Lipinski definition) is 5. The zero-order chi connectivity index (χ0) is 15.7. The maximum atomic E-state index is 12.3. The Balaban J connectivity index is 1.86. The van der Waals surface area contributed by atoms with Gasteiger partial charge < -0.3 is 15.2 Å². The van der Waals surface area contributed by atoms with Crippen LogP contribution < -0.4 is 15.2 Å². The number of thiophene rings is 1. The molecule has 0 bridgehead atoms. The molecular formula is C16H13NO4S. The molecule has 1 aromatic heterocycles. The summed E-state index contributed by atoms with van der Waals surface area (Å²) < 4.78 is 10.8. The van der Waals surface area contributed by atoms with Gasteiger partial charge in [-0.1, -0.05) is 0 Å². The van der Waals surface area contributed by atoms with Crippen LogP contribution in [0.5, 0.6) is 11.5 Å². The Morgan fingerprint density at radius 2 is 2.23 bits per heavy atom. The van der Waals surface area contributed by atoms with Crippen LogP contribution >= 0.6 is 11.3 Å². The van der Waals surface area contributed by atoms with E-state index in [1.165, 1.54) is 0 Å². The van der Waals surface area contributed by atoms with Gasteiger partial charge in [0.15, 0.2) is 12.4 Å². The first-order valence-corrected chi connectivity index (χ1v) is 7.46. The number of allylic oxidation sites excluding steroid dienone is 1. The first-order valence-electron chi connectivity index (χ1n) is 6.58. The van der Waals surface area contributed by atoms with E-state index in [-0.39, 0.29) is 18.1 Å². The van der Waals surface area contributed by atoms with Crippen molar-refractivity contribution in [1.82, 2.24) is 0 Å². The lowest BCUT2D eigenvalue weighted by Gasteiger charge is -2.04. The molecule has 0 radical (unpaired) electrons. The third kappa shape index (κ3) is 2.73. The van der Waals surface area contributed by atoms with Crippen LogP contribution in [0.2, 0.25) is 0 Å². The number of hydrogen-bond donors (Lipinski definition) is 1. The predicted octanol–water partition coefficient (Wildman–Crippen LogP) is 2.54. The largest absolute Gasteiger partial charge is 0.484 e. The molecule has 22 heavy (non-hydrogen) atoms. The van der Waals surface area contributed by atoms with Gasteiger partial charge in [0.1, 0.15) is 11.5 Å². The second-order valence-corrected chi connectivity index (χ2v) is 5.77. The van der Waals surface area contributed by atoms with Gasteiger partial charge in [0.2, 0.25) is 5.78 Å². The molecule has 2 heterocycles. The van der Waals surface area contributed by atoms with Gasteiger partial charge in [-0.3, -0.25) is 9.59 Å². The van der Waals surface area contributed by atoms with Gasteiger partial charge in [-0.25, -0.2) is 0 Å². The van der Waals surface area contributed by atoms with E-state index in [0.717, 1.165) is 10.4 Å². The molecular weight excluding hydrogens is 302 g/mol. The van der Waals surface area contributed by atoms with Crippen LogP contribution in [-0.2, 0) is 4.79 Å². The number of aryl methyl sites for hydroxylation is 1.